The second kappa shape index (κ2) is 17.1. The molecule has 0 atom stereocenters. The average molecular weight is 573 g/mol. The second-order valence-electron chi connectivity index (χ2n) is 9.92. The quantitative estimate of drug-likeness (QED) is 0.143. The van der Waals surface area contributed by atoms with Crippen LogP contribution >= 0.6 is 0 Å². The minimum atomic E-state index is -0.203. The summed E-state index contributed by atoms with van der Waals surface area (Å²) in [6.07, 6.45) is 10.7. The predicted molar refractivity (Wildman–Crippen MR) is 164 cm³/mol. The van der Waals surface area contributed by atoms with E-state index in [1.165, 1.54) is 11.0 Å². The molecular formula is C30H40N10O2. The van der Waals surface area contributed by atoms with Gasteiger partial charge in [-0.1, -0.05) is 42.2 Å². The van der Waals surface area contributed by atoms with E-state index >= 15 is 0 Å². The predicted octanol–water partition coefficient (Wildman–Crippen LogP) is 2.51. The number of unbranched alkanes of at least 4 members (excludes halogenated alkanes) is 1. The standard InChI is InChI=1S/C30H40N10O2/c1-5-16-32-29-25(10-7-6-8-17-31-27(41)23-39(4)28(42)11-9-19-38(2)3)21-33-30(36-29)35-26-14-12-24(13-15-26)22-40-20-18-34-37-40/h9,11-15,18,20-21H,5-6,8,16-17,19,22-23H2,1-4H3,(H,31,41)(H2,32,33,35,36)/b11-9+. The van der Waals surface area contributed by atoms with Gasteiger partial charge in [-0.15, -0.1) is 5.10 Å². The van der Waals surface area contributed by atoms with Crippen molar-refractivity contribution in [2.24, 2.45) is 0 Å². The van der Waals surface area contributed by atoms with Gasteiger partial charge in [0.15, 0.2) is 0 Å². The lowest BCUT2D eigenvalue weighted by molar-refractivity contribution is -0.131. The van der Waals surface area contributed by atoms with E-state index in [9.17, 15) is 9.59 Å². The van der Waals surface area contributed by atoms with E-state index in [1.54, 1.807) is 30.2 Å². The Kier molecular flexibility index (Phi) is 13.0. The monoisotopic (exact) mass is 572 g/mol. The van der Waals surface area contributed by atoms with Crippen LogP contribution in [-0.4, -0.2) is 93.9 Å². The number of benzene rings is 1. The van der Waals surface area contributed by atoms with Crippen molar-refractivity contribution in [1.82, 2.24) is 40.1 Å². The van der Waals surface area contributed by atoms with Crippen LogP contribution in [0.5, 0.6) is 0 Å². The normalized spacial score (nSPS) is 10.8. The molecule has 12 heteroatoms. The molecule has 12 nitrogen and oxygen atoms in total. The van der Waals surface area contributed by atoms with Crippen LogP contribution in [0.1, 0.15) is 37.3 Å². The highest BCUT2D eigenvalue weighted by Crippen LogP contribution is 2.18. The molecule has 0 unspecified atom stereocenters. The number of nitrogens with zero attached hydrogens (tertiary/aromatic N) is 7. The molecule has 0 radical (unpaired) electrons. The summed E-state index contributed by atoms with van der Waals surface area (Å²) in [5.41, 5.74) is 2.69. The van der Waals surface area contributed by atoms with Crippen molar-refractivity contribution in [3.63, 3.8) is 0 Å². The number of aromatic nitrogens is 5. The van der Waals surface area contributed by atoms with E-state index in [0.717, 1.165) is 24.2 Å². The van der Waals surface area contributed by atoms with Gasteiger partial charge in [0.25, 0.3) is 0 Å². The molecule has 2 aromatic heterocycles. The highest BCUT2D eigenvalue weighted by Gasteiger charge is 2.10. The van der Waals surface area contributed by atoms with Gasteiger partial charge in [0.2, 0.25) is 17.8 Å². The molecule has 3 N–H and O–H groups in total. The first-order chi connectivity index (χ1) is 20.3. The molecule has 0 fully saturated rings. The smallest absolute Gasteiger partial charge is 0.246 e. The van der Waals surface area contributed by atoms with Crippen LogP contribution in [0, 0.1) is 11.8 Å². The molecular weight excluding hydrogens is 532 g/mol. The van der Waals surface area contributed by atoms with Crippen LogP contribution in [0.15, 0.2) is 55.0 Å². The van der Waals surface area contributed by atoms with Crippen LogP contribution in [-0.2, 0) is 16.1 Å². The van der Waals surface area contributed by atoms with E-state index in [2.05, 4.69) is 55.0 Å². The summed E-state index contributed by atoms with van der Waals surface area (Å²) < 4.78 is 1.77. The molecule has 0 aliphatic carbocycles. The SMILES string of the molecule is CCCNc1nc(Nc2ccc(Cn3ccnn3)cc2)ncc1C#CCCCNC(=O)CN(C)C(=O)/C=C/CN(C)C. The fourth-order valence-electron chi connectivity index (χ4n) is 3.64. The molecule has 0 spiro atoms. The summed E-state index contributed by atoms with van der Waals surface area (Å²) in [5.74, 6) is 7.04. The molecule has 0 saturated carbocycles. The summed E-state index contributed by atoms with van der Waals surface area (Å²) in [6, 6.07) is 7.98. The van der Waals surface area contributed by atoms with Gasteiger partial charge in [-0.05, 0) is 44.6 Å². The fraction of sp³-hybridized carbons (Fsp3) is 0.400. The average Bonchev–Trinajstić information content (AvgIpc) is 3.48. The van der Waals surface area contributed by atoms with E-state index in [-0.39, 0.29) is 18.4 Å². The minimum Gasteiger partial charge on any atom is -0.369 e. The molecule has 0 saturated heterocycles. The van der Waals surface area contributed by atoms with Gasteiger partial charge >= 0.3 is 0 Å². The van der Waals surface area contributed by atoms with Crippen molar-refractivity contribution in [2.45, 2.75) is 32.7 Å². The third-order valence-corrected chi connectivity index (χ3v) is 5.87. The van der Waals surface area contributed by atoms with Gasteiger partial charge in [-0.3, -0.25) is 9.59 Å². The summed E-state index contributed by atoms with van der Waals surface area (Å²) in [6.45, 7) is 4.64. The number of rotatable bonds is 15. The Morgan fingerprint density at radius 1 is 1.12 bits per heavy atom. The lowest BCUT2D eigenvalue weighted by atomic mass is 10.2. The molecule has 2 heterocycles. The number of hydrogen-bond donors (Lipinski definition) is 3. The van der Waals surface area contributed by atoms with E-state index in [1.807, 2.05) is 49.5 Å². The Bertz CT molecular complexity index is 1360. The van der Waals surface area contributed by atoms with Gasteiger partial charge < -0.3 is 25.8 Å². The van der Waals surface area contributed by atoms with Crippen LogP contribution in [0.4, 0.5) is 17.5 Å². The maximum atomic E-state index is 12.2. The Morgan fingerprint density at radius 2 is 1.93 bits per heavy atom. The summed E-state index contributed by atoms with van der Waals surface area (Å²) >= 11 is 0. The Morgan fingerprint density at radius 3 is 2.64 bits per heavy atom. The zero-order valence-electron chi connectivity index (χ0n) is 24.8. The van der Waals surface area contributed by atoms with Crippen molar-refractivity contribution in [1.29, 1.82) is 0 Å². The molecule has 0 aliphatic rings. The van der Waals surface area contributed by atoms with Crippen molar-refractivity contribution >= 4 is 29.3 Å². The molecule has 1 aromatic carbocycles. The molecule has 42 heavy (non-hydrogen) atoms. The second-order valence-corrected chi connectivity index (χ2v) is 9.92. The van der Waals surface area contributed by atoms with E-state index in [4.69, 9.17) is 0 Å². The number of carbonyl (C=O) groups is 2. The largest absolute Gasteiger partial charge is 0.369 e. The zero-order valence-corrected chi connectivity index (χ0v) is 24.8. The molecule has 0 bridgehead atoms. The van der Waals surface area contributed by atoms with Gasteiger partial charge in [-0.25, -0.2) is 9.67 Å². The maximum absolute atomic E-state index is 12.2. The van der Waals surface area contributed by atoms with Gasteiger partial charge in [0.1, 0.15) is 5.82 Å². The first-order valence-corrected chi connectivity index (χ1v) is 14.0. The van der Waals surface area contributed by atoms with Crippen molar-refractivity contribution in [3.8, 4) is 11.8 Å². The van der Waals surface area contributed by atoms with Gasteiger partial charge in [0.05, 0.1) is 31.0 Å². The van der Waals surface area contributed by atoms with Crippen molar-refractivity contribution in [3.05, 3.63) is 66.1 Å². The summed E-state index contributed by atoms with van der Waals surface area (Å²) in [7, 11) is 5.45. The lowest BCUT2D eigenvalue weighted by Gasteiger charge is -2.14. The first kappa shape index (κ1) is 31.8. The third kappa shape index (κ3) is 11.4. The molecule has 2 amide bonds. The van der Waals surface area contributed by atoms with E-state index in [0.29, 0.717) is 49.8 Å². The van der Waals surface area contributed by atoms with Gasteiger partial charge in [-0.2, -0.15) is 4.98 Å². The molecule has 3 aromatic rings. The van der Waals surface area contributed by atoms with Crippen molar-refractivity contribution in [2.75, 3.05) is 58.0 Å². The zero-order chi connectivity index (χ0) is 30.2. The number of hydrogen-bond acceptors (Lipinski definition) is 9. The van der Waals surface area contributed by atoms with Crippen LogP contribution < -0.4 is 16.0 Å². The Balaban J connectivity index is 1.47. The summed E-state index contributed by atoms with van der Waals surface area (Å²) in [5, 5.41) is 17.2. The van der Waals surface area contributed by atoms with E-state index < -0.39 is 0 Å². The topological polar surface area (TPSA) is 133 Å². The number of likely N-dealkylation sites (N-methyl/N-ethyl adjacent to an activating group) is 2. The minimum absolute atomic E-state index is 0.00807. The van der Waals surface area contributed by atoms with Crippen LogP contribution in [0.2, 0.25) is 0 Å². The van der Waals surface area contributed by atoms with Crippen LogP contribution in [0.3, 0.4) is 0 Å². The maximum Gasteiger partial charge on any atom is 0.246 e. The lowest BCUT2D eigenvalue weighted by Crippen LogP contribution is -2.38. The molecule has 0 aliphatic heterocycles. The number of anilines is 3. The number of amides is 2. The molecule has 222 valence electrons. The Hall–Kier alpha value is -4.76. The first-order valence-electron chi connectivity index (χ1n) is 14.0. The third-order valence-electron chi connectivity index (χ3n) is 5.87. The fourth-order valence-corrected chi connectivity index (χ4v) is 3.64. The highest BCUT2D eigenvalue weighted by atomic mass is 16.2. The summed E-state index contributed by atoms with van der Waals surface area (Å²) in [4.78, 5) is 36.7. The van der Waals surface area contributed by atoms with Gasteiger partial charge in [0, 0.05) is 51.1 Å². The molecule has 3 rings (SSSR count). The van der Waals surface area contributed by atoms with Crippen molar-refractivity contribution < 1.29 is 9.59 Å². The number of carbonyl (C=O) groups excluding carboxylic acids is 2. The number of nitrogens with one attached hydrogen (secondary N) is 3. The van der Waals surface area contributed by atoms with Crippen LogP contribution in [0.25, 0.3) is 0 Å². The highest BCUT2D eigenvalue weighted by molar-refractivity contribution is 5.91. The Labute approximate surface area is 247 Å².